The van der Waals surface area contributed by atoms with Gasteiger partial charge in [-0.2, -0.15) is 0 Å². The number of carbonyl (C=O) groups excluding carboxylic acids is 2. The smallest absolute Gasteiger partial charge is 0.328 e. The summed E-state index contributed by atoms with van der Waals surface area (Å²) < 4.78 is 30.4. The highest BCUT2D eigenvalue weighted by molar-refractivity contribution is 6.00. The molecule has 1 aromatic rings. The molecular formula is C11H10F2N2O5. The third kappa shape index (κ3) is 3.25. The first-order valence-electron chi connectivity index (χ1n) is 5.30. The normalized spacial score (nSPS) is 11.6. The molecule has 9 heteroatoms. The summed E-state index contributed by atoms with van der Waals surface area (Å²) in [6.07, 6.45) is 0. The predicted molar refractivity (Wildman–Crippen MR) is 62.0 cm³/mol. The van der Waals surface area contributed by atoms with Gasteiger partial charge in [0.05, 0.1) is 18.1 Å². The Morgan fingerprint density at radius 1 is 1.35 bits per heavy atom. The molecule has 7 nitrogen and oxygen atoms in total. The summed E-state index contributed by atoms with van der Waals surface area (Å²) >= 11 is 0. The van der Waals surface area contributed by atoms with E-state index in [4.69, 9.17) is 0 Å². The van der Waals surface area contributed by atoms with Crippen molar-refractivity contribution in [1.29, 1.82) is 0 Å². The summed E-state index contributed by atoms with van der Waals surface area (Å²) in [5, 5.41) is 12.8. The van der Waals surface area contributed by atoms with E-state index in [0.29, 0.717) is 12.1 Å². The molecule has 0 aliphatic rings. The Morgan fingerprint density at radius 3 is 2.40 bits per heavy atom. The fourth-order valence-electron chi connectivity index (χ4n) is 1.38. The fourth-order valence-corrected chi connectivity index (χ4v) is 1.38. The van der Waals surface area contributed by atoms with Crippen LogP contribution in [0.3, 0.4) is 0 Å². The monoisotopic (exact) mass is 288 g/mol. The maximum Gasteiger partial charge on any atom is 0.328 e. The number of methoxy groups -OCH3 is 1. The molecule has 1 atom stereocenters. The third-order valence-electron chi connectivity index (χ3n) is 2.38. The van der Waals surface area contributed by atoms with E-state index in [1.54, 1.807) is 0 Å². The van der Waals surface area contributed by atoms with Gasteiger partial charge in [0.1, 0.15) is 11.6 Å². The molecule has 0 fully saturated rings. The van der Waals surface area contributed by atoms with Crippen molar-refractivity contribution in [3.8, 4) is 0 Å². The second-order valence-electron chi connectivity index (χ2n) is 3.76. The van der Waals surface area contributed by atoms with Gasteiger partial charge in [0, 0.05) is 0 Å². The molecule has 0 saturated heterocycles. The van der Waals surface area contributed by atoms with E-state index in [1.807, 2.05) is 0 Å². The average Bonchev–Trinajstić information content (AvgIpc) is 2.39. The van der Waals surface area contributed by atoms with Crippen LogP contribution >= 0.6 is 0 Å². The number of rotatable bonds is 4. The van der Waals surface area contributed by atoms with Gasteiger partial charge < -0.3 is 10.1 Å². The standard InChI is InChI=1S/C11H10F2N2O5/c1-5(11(17)20-2)14-10(16)6-3-7(12)8(13)4-9(6)15(18)19/h3-5H,1-2H3,(H,14,16). The van der Waals surface area contributed by atoms with E-state index in [0.717, 1.165) is 7.11 Å². The highest BCUT2D eigenvalue weighted by Gasteiger charge is 2.26. The van der Waals surface area contributed by atoms with Crippen LogP contribution in [0.5, 0.6) is 0 Å². The first kappa shape index (κ1) is 15.5. The number of benzene rings is 1. The van der Waals surface area contributed by atoms with Crippen molar-refractivity contribution < 1.29 is 28.0 Å². The predicted octanol–water partition coefficient (Wildman–Crippen LogP) is 1.16. The molecule has 0 aliphatic carbocycles. The van der Waals surface area contributed by atoms with Crippen LogP contribution in [0.15, 0.2) is 12.1 Å². The molecule has 0 aromatic heterocycles. The largest absolute Gasteiger partial charge is 0.467 e. The number of amides is 1. The molecule has 20 heavy (non-hydrogen) atoms. The van der Waals surface area contributed by atoms with Gasteiger partial charge in [-0.3, -0.25) is 14.9 Å². The topological polar surface area (TPSA) is 98.5 Å². The Hall–Kier alpha value is -2.58. The minimum atomic E-state index is -1.45. The van der Waals surface area contributed by atoms with Gasteiger partial charge in [0.25, 0.3) is 11.6 Å². The molecule has 0 radical (unpaired) electrons. The van der Waals surface area contributed by atoms with Crippen LogP contribution in [0.4, 0.5) is 14.5 Å². The van der Waals surface area contributed by atoms with Gasteiger partial charge in [-0.15, -0.1) is 0 Å². The molecule has 0 aliphatic heterocycles. The van der Waals surface area contributed by atoms with Gasteiger partial charge >= 0.3 is 5.97 Å². The van der Waals surface area contributed by atoms with Crippen LogP contribution in [0.1, 0.15) is 17.3 Å². The lowest BCUT2D eigenvalue weighted by Crippen LogP contribution is -2.39. The first-order valence-corrected chi connectivity index (χ1v) is 5.30. The SMILES string of the molecule is COC(=O)C(C)NC(=O)c1cc(F)c(F)cc1[N+](=O)[O-]. The van der Waals surface area contributed by atoms with E-state index in [2.05, 4.69) is 10.1 Å². The molecule has 0 saturated carbocycles. The molecule has 0 bridgehead atoms. The van der Waals surface area contributed by atoms with Crippen molar-refractivity contribution in [2.45, 2.75) is 13.0 Å². The number of nitrogens with zero attached hydrogens (tertiary/aromatic N) is 1. The van der Waals surface area contributed by atoms with Crippen molar-refractivity contribution in [1.82, 2.24) is 5.32 Å². The fraction of sp³-hybridized carbons (Fsp3) is 0.273. The Labute approximate surface area is 111 Å². The van der Waals surface area contributed by atoms with Crippen molar-refractivity contribution in [3.63, 3.8) is 0 Å². The summed E-state index contributed by atoms with van der Waals surface area (Å²) in [5.41, 5.74) is -1.59. The quantitative estimate of drug-likeness (QED) is 0.509. The minimum Gasteiger partial charge on any atom is -0.467 e. The van der Waals surface area contributed by atoms with E-state index in [9.17, 15) is 28.5 Å². The van der Waals surface area contributed by atoms with Crippen molar-refractivity contribution >= 4 is 17.6 Å². The molecule has 1 amide bonds. The number of nitro benzene ring substituents is 1. The maximum atomic E-state index is 13.1. The number of ether oxygens (including phenoxy) is 1. The number of nitro groups is 1. The molecule has 1 N–H and O–H groups in total. The van der Waals surface area contributed by atoms with Crippen molar-refractivity contribution in [2.24, 2.45) is 0 Å². The summed E-state index contributed by atoms with van der Waals surface area (Å²) in [5.74, 6) is -4.74. The number of hydrogen-bond acceptors (Lipinski definition) is 5. The van der Waals surface area contributed by atoms with Crippen LogP contribution in [0.2, 0.25) is 0 Å². The van der Waals surface area contributed by atoms with Gasteiger partial charge in [-0.05, 0) is 13.0 Å². The van der Waals surface area contributed by atoms with Gasteiger partial charge in [0.2, 0.25) is 0 Å². The Bertz CT molecular complexity index is 576. The molecular weight excluding hydrogens is 278 g/mol. The summed E-state index contributed by atoms with van der Waals surface area (Å²) in [7, 11) is 1.09. The summed E-state index contributed by atoms with van der Waals surface area (Å²) in [6, 6.07) is -0.403. The zero-order chi connectivity index (χ0) is 15.4. The van der Waals surface area contributed by atoms with Gasteiger partial charge in [-0.25, -0.2) is 13.6 Å². The van der Waals surface area contributed by atoms with Crippen LogP contribution in [0.25, 0.3) is 0 Å². The molecule has 0 spiro atoms. The van der Waals surface area contributed by atoms with E-state index in [1.165, 1.54) is 6.92 Å². The molecule has 108 valence electrons. The Morgan fingerprint density at radius 2 is 1.90 bits per heavy atom. The van der Waals surface area contributed by atoms with Gasteiger partial charge in [0.15, 0.2) is 11.6 Å². The Balaban J connectivity index is 3.12. The highest BCUT2D eigenvalue weighted by atomic mass is 19.2. The lowest BCUT2D eigenvalue weighted by Gasteiger charge is -2.11. The number of hydrogen-bond donors (Lipinski definition) is 1. The number of carbonyl (C=O) groups is 2. The van der Waals surface area contributed by atoms with Crippen LogP contribution in [0, 0.1) is 21.7 Å². The lowest BCUT2D eigenvalue weighted by atomic mass is 10.1. The molecule has 0 heterocycles. The zero-order valence-electron chi connectivity index (χ0n) is 10.5. The van der Waals surface area contributed by atoms with Crippen LogP contribution in [-0.2, 0) is 9.53 Å². The van der Waals surface area contributed by atoms with Crippen LogP contribution in [-0.4, -0.2) is 30.0 Å². The highest BCUT2D eigenvalue weighted by Crippen LogP contribution is 2.22. The number of nitrogens with one attached hydrogen (secondary N) is 1. The molecule has 1 unspecified atom stereocenters. The average molecular weight is 288 g/mol. The van der Waals surface area contributed by atoms with E-state index < -0.39 is 45.7 Å². The first-order chi connectivity index (χ1) is 9.27. The third-order valence-corrected chi connectivity index (χ3v) is 2.38. The second-order valence-corrected chi connectivity index (χ2v) is 3.76. The molecule has 1 aromatic carbocycles. The van der Waals surface area contributed by atoms with Crippen molar-refractivity contribution in [3.05, 3.63) is 39.4 Å². The number of esters is 1. The number of halogens is 2. The lowest BCUT2D eigenvalue weighted by molar-refractivity contribution is -0.385. The van der Waals surface area contributed by atoms with Gasteiger partial charge in [-0.1, -0.05) is 0 Å². The Kier molecular flexibility index (Phi) is 4.68. The maximum absolute atomic E-state index is 13.1. The van der Waals surface area contributed by atoms with E-state index >= 15 is 0 Å². The summed E-state index contributed by atoms with van der Waals surface area (Å²) in [6.45, 7) is 1.27. The van der Waals surface area contributed by atoms with Crippen molar-refractivity contribution in [2.75, 3.05) is 7.11 Å². The zero-order valence-corrected chi connectivity index (χ0v) is 10.5. The second kappa shape index (κ2) is 6.04. The van der Waals surface area contributed by atoms with Crippen LogP contribution < -0.4 is 5.32 Å². The summed E-state index contributed by atoms with van der Waals surface area (Å²) in [4.78, 5) is 32.5. The van der Waals surface area contributed by atoms with E-state index in [-0.39, 0.29) is 0 Å². The minimum absolute atomic E-state index is 0.299. The molecule has 1 rings (SSSR count).